The molecule has 244 valence electrons. The molecule has 0 saturated carbocycles. The molecule has 0 amide bonds. The van der Waals surface area contributed by atoms with Crippen molar-refractivity contribution in [2.24, 2.45) is 0 Å². The summed E-state index contributed by atoms with van der Waals surface area (Å²) in [5, 5.41) is 0.338. The van der Waals surface area contributed by atoms with E-state index in [0.717, 1.165) is 26.7 Å². The Labute approximate surface area is 289 Å². The molecule has 0 spiro atoms. The van der Waals surface area contributed by atoms with Crippen LogP contribution < -0.4 is 14.2 Å². The largest absolute Gasteiger partial charge is 0.497 e. The predicted molar refractivity (Wildman–Crippen MR) is 186 cm³/mol. The van der Waals surface area contributed by atoms with Crippen LogP contribution in [0.25, 0.3) is 0 Å². The first-order valence-corrected chi connectivity index (χ1v) is 17.3. The number of aryl methyl sites for hydroxylation is 1. The molecule has 7 nitrogen and oxygen atoms in total. The van der Waals surface area contributed by atoms with E-state index >= 15 is 0 Å². The van der Waals surface area contributed by atoms with Gasteiger partial charge in [0.2, 0.25) is 0 Å². The molecular weight excluding hydrogens is 704 g/mol. The highest BCUT2D eigenvalue weighted by atomic mass is 79.9. The average Bonchev–Trinajstić information content (AvgIpc) is 3.09. The van der Waals surface area contributed by atoms with Gasteiger partial charge in [0.15, 0.2) is 0 Å². The molecule has 0 N–H and O–H groups in total. The molecule has 5 rings (SSSR count). The summed E-state index contributed by atoms with van der Waals surface area (Å²) in [6.07, 6.45) is -0.909. The fraction of sp³-hybridized carbons (Fsp3) is 0.189. The smallest absolute Gasteiger partial charge is 0.297 e. The predicted octanol–water partition coefficient (Wildman–Crippen LogP) is 8.59. The van der Waals surface area contributed by atoms with E-state index in [-0.39, 0.29) is 18.1 Å². The van der Waals surface area contributed by atoms with Gasteiger partial charge in [0, 0.05) is 4.47 Å². The van der Waals surface area contributed by atoms with Gasteiger partial charge in [-0.25, -0.2) is 0 Å². The van der Waals surface area contributed by atoms with Gasteiger partial charge >= 0.3 is 0 Å². The third kappa shape index (κ3) is 8.17. The highest BCUT2D eigenvalue weighted by Gasteiger charge is 2.39. The Bertz CT molecular complexity index is 1820. The molecule has 0 aliphatic heterocycles. The van der Waals surface area contributed by atoms with Gasteiger partial charge in [-0.05, 0) is 78.2 Å². The molecule has 0 radical (unpaired) electrons. The summed E-state index contributed by atoms with van der Waals surface area (Å²) >= 11 is 9.95. The molecule has 0 fully saturated rings. The maximum Gasteiger partial charge on any atom is 0.297 e. The SMILES string of the molecule is COc1ccc(C(OCC(COS(=O)(=O)c2ccc(C)cc2)Oc2ccc(Br)cc2Cl)(c2ccccc2)c2ccc(OC)cc2)cc1. The Kier molecular flexibility index (Phi) is 11.3. The lowest BCUT2D eigenvalue weighted by Gasteiger charge is -2.37. The van der Waals surface area contributed by atoms with Gasteiger partial charge < -0.3 is 18.9 Å². The molecule has 0 bridgehead atoms. The molecule has 1 unspecified atom stereocenters. The van der Waals surface area contributed by atoms with Gasteiger partial charge in [-0.2, -0.15) is 8.42 Å². The molecular formula is C37H34BrClO7S. The summed E-state index contributed by atoms with van der Waals surface area (Å²) in [4.78, 5) is 0.0412. The van der Waals surface area contributed by atoms with E-state index in [1.54, 1.807) is 44.6 Å². The average molecular weight is 738 g/mol. The van der Waals surface area contributed by atoms with Gasteiger partial charge in [-0.3, -0.25) is 4.18 Å². The van der Waals surface area contributed by atoms with Crippen molar-refractivity contribution in [1.29, 1.82) is 0 Å². The second-order valence-electron chi connectivity index (χ2n) is 10.7. The Hall–Kier alpha value is -3.86. The van der Waals surface area contributed by atoms with Crippen LogP contribution >= 0.6 is 27.5 Å². The number of hydrogen-bond donors (Lipinski definition) is 0. The Balaban J connectivity index is 1.57. The van der Waals surface area contributed by atoms with Crippen molar-refractivity contribution in [3.05, 3.63) is 153 Å². The molecule has 0 aliphatic rings. The van der Waals surface area contributed by atoms with Crippen molar-refractivity contribution in [2.75, 3.05) is 27.4 Å². The van der Waals surface area contributed by atoms with E-state index in [4.69, 9.17) is 34.7 Å². The molecule has 5 aromatic carbocycles. The third-order valence-corrected chi connectivity index (χ3v) is 9.65. The van der Waals surface area contributed by atoms with Crippen molar-refractivity contribution in [2.45, 2.75) is 23.5 Å². The van der Waals surface area contributed by atoms with Crippen LogP contribution in [-0.2, 0) is 24.6 Å². The van der Waals surface area contributed by atoms with E-state index in [1.165, 1.54) is 12.1 Å². The monoisotopic (exact) mass is 736 g/mol. The number of rotatable bonds is 14. The van der Waals surface area contributed by atoms with Crippen LogP contribution in [0.15, 0.2) is 131 Å². The lowest BCUT2D eigenvalue weighted by Crippen LogP contribution is -2.39. The minimum absolute atomic E-state index is 0.0412. The molecule has 0 heterocycles. The minimum atomic E-state index is -4.11. The molecule has 0 aliphatic carbocycles. The number of benzene rings is 5. The Morgan fingerprint density at radius 1 is 0.723 bits per heavy atom. The zero-order valence-corrected chi connectivity index (χ0v) is 29.2. The molecule has 10 heteroatoms. The summed E-state index contributed by atoms with van der Waals surface area (Å²) in [7, 11) is -0.890. The molecule has 0 saturated heterocycles. The quantitative estimate of drug-likeness (QED) is 0.0835. The fourth-order valence-electron chi connectivity index (χ4n) is 5.10. The number of ether oxygens (including phenoxy) is 4. The number of hydrogen-bond acceptors (Lipinski definition) is 7. The first-order valence-electron chi connectivity index (χ1n) is 14.7. The van der Waals surface area contributed by atoms with E-state index < -0.39 is 21.8 Å². The lowest BCUT2D eigenvalue weighted by atomic mass is 9.80. The second-order valence-corrected chi connectivity index (χ2v) is 13.6. The molecule has 5 aromatic rings. The van der Waals surface area contributed by atoms with Crippen molar-refractivity contribution in [1.82, 2.24) is 0 Å². The summed E-state index contributed by atoms with van der Waals surface area (Å²) in [5.41, 5.74) is 2.22. The second kappa shape index (κ2) is 15.4. The molecule has 0 aromatic heterocycles. The number of methoxy groups -OCH3 is 2. The Morgan fingerprint density at radius 2 is 1.28 bits per heavy atom. The maximum absolute atomic E-state index is 13.2. The maximum atomic E-state index is 13.2. The topological polar surface area (TPSA) is 80.3 Å². The van der Waals surface area contributed by atoms with Gasteiger partial charge in [-0.15, -0.1) is 0 Å². The van der Waals surface area contributed by atoms with Gasteiger partial charge in [-0.1, -0.05) is 99.8 Å². The summed E-state index contributed by atoms with van der Waals surface area (Å²) in [6, 6.07) is 36.6. The third-order valence-electron chi connectivity index (χ3n) is 7.57. The van der Waals surface area contributed by atoms with Crippen molar-refractivity contribution in [3.63, 3.8) is 0 Å². The van der Waals surface area contributed by atoms with Crippen LogP contribution in [-0.4, -0.2) is 42.0 Å². The van der Waals surface area contributed by atoms with Crippen LogP contribution in [0.3, 0.4) is 0 Å². The highest BCUT2D eigenvalue weighted by molar-refractivity contribution is 9.10. The van der Waals surface area contributed by atoms with E-state index in [1.807, 2.05) is 85.8 Å². The lowest BCUT2D eigenvalue weighted by molar-refractivity contribution is -0.0405. The minimum Gasteiger partial charge on any atom is -0.497 e. The van der Waals surface area contributed by atoms with Gasteiger partial charge in [0.05, 0.1) is 30.7 Å². The zero-order chi connectivity index (χ0) is 33.4. The molecule has 1 atom stereocenters. The number of halogens is 2. The first-order chi connectivity index (χ1) is 22.6. The van der Waals surface area contributed by atoms with Crippen molar-refractivity contribution in [3.8, 4) is 17.2 Å². The van der Waals surface area contributed by atoms with E-state index in [9.17, 15) is 8.42 Å². The zero-order valence-electron chi connectivity index (χ0n) is 26.1. The summed E-state index contributed by atoms with van der Waals surface area (Å²) < 4.78 is 57.0. The highest BCUT2D eigenvalue weighted by Crippen LogP contribution is 2.42. The normalized spacial score (nSPS) is 12.4. The van der Waals surface area contributed by atoms with Gasteiger partial charge in [0.25, 0.3) is 10.1 Å². The molecule has 47 heavy (non-hydrogen) atoms. The van der Waals surface area contributed by atoms with E-state index in [2.05, 4.69) is 15.9 Å². The standard InChI is InChI=1S/C37H34BrClO7S/c1-26-9-20-34(21-10-26)47(40,41)45-25-33(46-36-22-15-30(38)23-35(36)39)24-44-37(27-7-5-4-6-8-27,28-11-16-31(42-2)17-12-28)29-13-18-32(43-3)19-14-29/h4-23,33H,24-25H2,1-3H3. The van der Waals surface area contributed by atoms with Crippen LogP contribution in [0, 0.1) is 6.92 Å². The summed E-state index contributed by atoms with van der Waals surface area (Å²) in [5.74, 6) is 1.72. The van der Waals surface area contributed by atoms with Gasteiger partial charge in [0.1, 0.15) is 35.6 Å². The van der Waals surface area contributed by atoms with Crippen LogP contribution in [0.5, 0.6) is 17.2 Å². The van der Waals surface area contributed by atoms with Crippen LogP contribution in [0.4, 0.5) is 0 Å². The fourth-order valence-corrected chi connectivity index (χ4v) is 6.75. The van der Waals surface area contributed by atoms with Crippen LogP contribution in [0.2, 0.25) is 5.02 Å². The van der Waals surface area contributed by atoms with E-state index in [0.29, 0.717) is 22.3 Å². The van der Waals surface area contributed by atoms with Crippen molar-refractivity contribution >= 4 is 37.6 Å². The Morgan fingerprint density at radius 3 is 1.81 bits per heavy atom. The summed E-state index contributed by atoms with van der Waals surface area (Å²) in [6.45, 7) is 1.44. The first kappa shape index (κ1) is 34.5. The van der Waals surface area contributed by atoms with Crippen molar-refractivity contribution < 1.29 is 31.5 Å². The van der Waals surface area contributed by atoms with Crippen LogP contribution in [0.1, 0.15) is 22.3 Å².